The van der Waals surface area contributed by atoms with Crippen molar-refractivity contribution in [2.45, 2.75) is 40.5 Å². The first-order valence-electron chi connectivity index (χ1n) is 6.91. The standard InChI is InChI=1S/C14H27NO4/c1-10(2)9-19-14(17)12(4)6-5-11(3)13(16)18-8-7-15/h10-12H,5-9,15H2,1-4H3. The predicted molar refractivity (Wildman–Crippen MR) is 73.4 cm³/mol. The van der Waals surface area contributed by atoms with Crippen LogP contribution in [0.4, 0.5) is 0 Å². The molecular weight excluding hydrogens is 246 g/mol. The zero-order valence-electron chi connectivity index (χ0n) is 12.5. The van der Waals surface area contributed by atoms with Gasteiger partial charge in [-0.2, -0.15) is 0 Å². The summed E-state index contributed by atoms with van der Waals surface area (Å²) in [7, 11) is 0. The van der Waals surface area contributed by atoms with E-state index in [2.05, 4.69) is 0 Å². The van der Waals surface area contributed by atoms with E-state index in [4.69, 9.17) is 15.2 Å². The molecule has 0 aromatic carbocycles. The normalized spacial score (nSPS) is 14.0. The Balaban J connectivity index is 3.90. The zero-order chi connectivity index (χ0) is 14.8. The molecule has 0 aliphatic heterocycles. The molecule has 0 aromatic heterocycles. The Kier molecular flexibility index (Phi) is 9.21. The van der Waals surface area contributed by atoms with Crippen molar-refractivity contribution in [2.75, 3.05) is 19.8 Å². The molecule has 0 saturated carbocycles. The number of ether oxygens (including phenoxy) is 2. The molecule has 5 nitrogen and oxygen atoms in total. The van der Waals surface area contributed by atoms with Crippen LogP contribution in [0, 0.1) is 17.8 Å². The van der Waals surface area contributed by atoms with Crippen LogP contribution in [-0.4, -0.2) is 31.7 Å². The van der Waals surface area contributed by atoms with Gasteiger partial charge in [0.05, 0.1) is 18.4 Å². The van der Waals surface area contributed by atoms with E-state index in [9.17, 15) is 9.59 Å². The fourth-order valence-corrected chi connectivity index (χ4v) is 1.43. The lowest BCUT2D eigenvalue weighted by atomic mass is 9.98. The van der Waals surface area contributed by atoms with Gasteiger partial charge in [-0.3, -0.25) is 9.59 Å². The zero-order valence-corrected chi connectivity index (χ0v) is 12.5. The minimum Gasteiger partial charge on any atom is -0.465 e. The maximum absolute atomic E-state index is 11.6. The van der Waals surface area contributed by atoms with Gasteiger partial charge in [0.15, 0.2) is 0 Å². The second kappa shape index (κ2) is 9.78. The molecule has 2 N–H and O–H groups in total. The summed E-state index contributed by atoms with van der Waals surface area (Å²) in [5, 5.41) is 0. The van der Waals surface area contributed by atoms with Crippen LogP contribution in [-0.2, 0) is 19.1 Å². The molecular formula is C14H27NO4. The predicted octanol–water partition coefficient (Wildman–Crippen LogP) is 1.74. The molecule has 0 fully saturated rings. The van der Waals surface area contributed by atoms with Gasteiger partial charge in [-0.05, 0) is 18.8 Å². The van der Waals surface area contributed by atoms with E-state index < -0.39 is 0 Å². The van der Waals surface area contributed by atoms with Gasteiger partial charge in [0.25, 0.3) is 0 Å². The summed E-state index contributed by atoms with van der Waals surface area (Å²) in [5.41, 5.74) is 5.26. The second-order valence-corrected chi connectivity index (χ2v) is 5.36. The third-order valence-electron chi connectivity index (χ3n) is 2.76. The quantitative estimate of drug-likeness (QED) is 0.647. The van der Waals surface area contributed by atoms with Gasteiger partial charge in [-0.25, -0.2) is 0 Å². The van der Waals surface area contributed by atoms with E-state index in [0.29, 0.717) is 31.9 Å². The van der Waals surface area contributed by atoms with Gasteiger partial charge < -0.3 is 15.2 Å². The first kappa shape index (κ1) is 17.9. The molecule has 0 aliphatic rings. The van der Waals surface area contributed by atoms with Crippen LogP contribution in [0.25, 0.3) is 0 Å². The van der Waals surface area contributed by atoms with Gasteiger partial charge in [0.1, 0.15) is 6.61 Å². The number of carbonyl (C=O) groups is 2. The van der Waals surface area contributed by atoms with Crippen LogP contribution in [0.15, 0.2) is 0 Å². The Hall–Kier alpha value is -1.10. The maximum Gasteiger partial charge on any atom is 0.308 e. The number of esters is 2. The number of hydrogen-bond acceptors (Lipinski definition) is 5. The smallest absolute Gasteiger partial charge is 0.308 e. The summed E-state index contributed by atoms with van der Waals surface area (Å²) in [6.07, 6.45) is 1.23. The van der Waals surface area contributed by atoms with Gasteiger partial charge in [-0.1, -0.05) is 27.7 Å². The van der Waals surface area contributed by atoms with Crippen molar-refractivity contribution in [3.63, 3.8) is 0 Å². The van der Waals surface area contributed by atoms with Crippen molar-refractivity contribution in [3.8, 4) is 0 Å². The molecule has 0 amide bonds. The first-order valence-corrected chi connectivity index (χ1v) is 6.91. The highest BCUT2D eigenvalue weighted by atomic mass is 16.5. The highest BCUT2D eigenvalue weighted by molar-refractivity contribution is 5.73. The highest BCUT2D eigenvalue weighted by Crippen LogP contribution is 2.15. The lowest BCUT2D eigenvalue weighted by Crippen LogP contribution is -2.22. The van der Waals surface area contributed by atoms with Crippen molar-refractivity contribution >= 4 is 11.9 Å². The van der Waals surface area contributed by atoms with Crippen LogP contribution >= 0.6 is 0 Å². The maximum atomic E-state index is 11.6. The molecule has 0 saturated heterocycles. The first-order chi connectivity index (χ1) is 8.88. The number of rotatable bonds is 9. The molecule has 0 rings (SSSR count). The van der Waals surface area contributed by atoms with Crippen LogP contribution in [0.5, 0.6) is 0 Å². The Bertz CT molecular complexity index is 279. The third-order valence-corrected chi connectivity index (χ3v) is 2.76. The number of carbonyl (C=O) groups excluding carboxylic acids is 2. The van der Waals surface area contributed by atoms with Crippen molar-refractivity contribution < 1.29 is 19.1 Å². The van der Waals surface area contributed by atoms with Crippen molar-refractivity contribution in [1.29, 1.82) is 0 Å². The van der Waals surface area contributed by atoms with E-state index in [1.54, 1.807) is 6.92 Å². The Morgan fingerprint density at radius 2 is 1.42 bits per heavy atom. The molecule has 112 valence electrons. The molecule has 0 radical (unpaired) electrons. The van der Waals surface area contributed by atoms with E-state index in [0.717, 1.165) is 0 Å². The van der Waals surface area contributed by atoms with E-state index in [-0.39, 0.29) is 30.4 Å². The van der Waals surface area contributed by atoms with Crippen molar-refractivity contribution in [3.05, 3.63) is 0 Å². The van der Waals surface area contributed by atoms with Crippen molar-refractivity contribution in [2.24, 2.45) is 23.5 Å². The minimum atomic E-state index is -0.256. The van der Waals surface area contributed by atoms with Gasteiger partial charge >= 0.3 is 11.9 Å². The SMILES string of the molecule is CC(C)COC(=O)C(C)CCC(C)C(=O)OCCN. The largest absolute Gasteiger partial charge is 0.465 e. The summed E-state index contributed by atoms with van der Waals surface area (Å²) in [6, 6.07) is 0. The Morgan fingerprint density at radius 1 is 0.947 bits per heavy atom. The molecule has 0 aromatic rings. The summed E-state index contributed by atoms with van der Waals surface area (Å²) in [6.45, 7) is 8.62. The van der Waals surface area contributed by atoms with E-state index in [1.165, 1.54) is 0 Å². The van der Waals surface area contributed by atoms with Crippen LogP contribution < -0.4 is 5.73 Å². The van der Waals surface area contributed by atoms with E-state index in [1.807, 2.05) is 20.8 Å². The molecule has 0 heterocycles. The monoisotopic (exact) mass is 273 g/mol. The van der Waals surface area contributed by atoms with Crippen LogP contribution in [0.2, 0.25) is 0 Å². The lowest BCUT2D eigenvalue weighted by Gasteiger charge is -2.15. The number of hydrogen-bond donors (Lipinski definition) is 1. The summed E-state index contributed by atoms with van der Waals surface area (Å²) in [4.78, 5) is 23.2. The van der Waals surface area contributed by atoms with E-state index >= 15 is 0 Å². The summed E-state index contributed by atoms with van der Waals surface area (Å²) >= 11 is 0. The lowest BCUT2D eigenvalue weighted by molar-refractivity contribution is -0.151. The molecule has 19 heavy (non-hydrogen) atoms. The molecule has 0 aliphatic carbocycles. The minimum absolute atomic E-state index is 0.191. The molecule has 0 spiro atoms. The Morgan fingerprint density at radius 3 is 1.84 bits per heavy atom. The Labute approximate surface area is 115 Å². The van der Waals surface area contributed by atoms with Crippen molar-refractivity contribution in [1.82, 2.24) is 0 Å². The van der Waals surface area contributed by atoms with Crippen LogP contribution in [0.1, 0.15) is 40.5 Å². The molecule has 0 bridgehead atoms. The van der Waals surface area contributed by atoms with Gasteiger partial charge in [0, 0.05) is 6.54 Å². The summed E-state index contributed by atoms with van der Waals surface area (Å²) in [5.74, 6) is -0.527. The second-order valence-electron chi connectivity index (χ2n) is 5.36. The third kappa shape index (κ3) is 8.59. The van der Waals surface area contributed by atoms with Gasteiger partial charge in [-0.15, -0.1) is 0 Å². The average molecular weight is 273 g/mol. The van der Waals surface area contributed by atoms with Gasteiger partial charge in [0.2, 0.25) is 0 Å². The fraction of sp³-hybridized carbons (Fsp3) is 0.857. The highest BCUT2D eigenvalue weighted by Gasteiger charge is 2.19. The topological polar surface area (TPSA) is 78.6 Å². The average Bonchev–Trinajstić information content (AvgIpc) is 2.38. The molecule has 2 unspecified atom stereocenters. The molecule has 2 atom stereocenters. The number of nitrogens with two attached hydrogens (primary N) is 1. The molecule has 5 heteroatoms. The van der Waals surface area contributed by atoms with Crippen LogP contribution in [0.3, 0.4) is 0 Å². The summed E-state index contributed by atoms with van der Waals surface area (Å²) < 4.78 is 10.1. The fourth-order valence-electron chi connectivity index (χ4n) is 1.43.